The van der Waals surface area contributed by atoms with Crippen LogP contribution in [0, 0.1) is 11.8 Å². The minimum Gasteiger partial charge on any atom is -0.481 e. The van der Waals surface area contributed by atoms with Gasteiger partial charge in [-0.05, 0) is 38.5 Å². The summed E-state index contributed by atoms with van der Waals surface area (Å²) in [5.41, 5.74) is 5.74. The topological polar surface area (TPSA) is 63.3 Å². The molecule has 0 radical (unpaired) electrons. The van der Waals surface area contributed by atoms with Gasteiger partial charge in [-0.2, -0.15) is 0 Å². The Morgan fingerprint density at radius 1 is 1.38 bits per heavy atom. The lowest BCUT2D eigenvalue weighted by atomic mass is 9.79. The minimum absolute atomic E-state index is 0. The second kappa shape index (κ2) is 5.45. The summed E-state index contributed by atoms with van der Waals surface area (Å²) in [5, 5.41) is 8.73. The van der Waals surface area contributed by atoms with Crippen LogP contribution in [0.25, 0.3) is 0 Å². The summed E-state index contributed by atoms with van der Waals surface area (Å²) in [6, 6.07) is 0.222. The van der Waals surface area contributed by atoms with Gasteiger partial charge in [-0.1, -0.05) is 0 Å². The van der Waals surface area contributed by atoms with Crippen molar-refractivity contribution in [3.8, 4) is 0 Å². The molecule has 3 N–H and O–H groups in total. The predicted molar refractivity (Wildman–Crippen MR) is 54.0 cm³/mol. The van der Waals surface area contributed by atoms with Crippen LogP contribution < -0.4 is 5.73 Å². The monoisotopic (exact) mass is 207 g/mol. The highest BCUT2D eigenvalue weighted by Gasteiger charge is 2.27. The van der Waals surface area contributed by atoms with Crippen molar-refractivity contribution >= 4 is 18.4 Å². The lowest BCUT2D eigenvalue weighted by Crippen LogP contribution is -2.31. The van der Waals surface area contributed by atoms with Crippen LogP contribution in [0.2, 0.25) is 0 Å². The zero-order valence-electron chi connectivity index (χ0n) is 7.90. The molecule has 0 aromatic rings. The van der Waals surface area contributed by atoms with E-state index in [1.54, 1.807) is 0 Å². The molecule has 0 saturated heterocycles. The van der Waals surface area contributed by atoms with Crippen molar-refractivity contribution in [2.24, 2.45) is 17.6 Å². The van der Waals surface area contributed by atoms with E-state index >= 15 is 0 Å². The molecule has 0 heterocycles. The zero-order chi connectivity index (χ0) is 9.14. The van der Waals surface area contributed by atoms with Gasteiger partial charge in [0.05, 0.1) is 5.92 Å². The van der Waals surface area contributed by atoms with Crippen LogP contribution >= 0.6 is 12.4 Å². The van der Waals surface area contributed by atoms with Gasteiger partial charge in [0.25, 0.3) is 0 Å². The summed E-state index contributed by atoms with van der Waals surface area (Å²) in [6.07, 6.45) is 3.58. The van der Waals surface area contributed by atoms with Crippen molar-refractivity contribution in [3.05, 3.63) is 0 Å². The smallest absolute Gasteiger partial charge is 0.306 e. The number of hydrogen-bond donors (Lipinski definition) is 2. The van der Waals surface area contributed by atoms with Crippen molar-refractivity contribution in [3.63, 3.8) is 0 Å². The van der Waals surface area contributed by atoms with E-state index in [-0.39, 0.29) is 24.4 Å². The predicted octanol–water partition coefficient (Wildman–Crippen LogP) is 1.65. The van der Waals surface area contributed by atoms with Crippen LogP contribution in [0.15, 0.2) is 0 Å². The molecule has 0 aromatic heterocycles. The average molecular weight is 208 g/mol. The van der Waals surface area contributed by atoms with Crippen LogP contribution in [0.5, 0.6) is 0 Å². The standard InChI is InChI=1S/C9H17NO2.ClH/c1-6(10)7-2-4-8(5-3-7)9(11)12;/h6-8H,2-5,10H2,1H3,(H,11,12);1H/t6-,7?,8?;/m1./s1. The largest absolute Gasteiger partial charge is 0.481 e. The van der Waals surface area contributed by atoms with E-state index in [0.29, 0.717) is 5.92 Å². The number of halogens is 1. The Morgan fingerprint density at radius 3 is 2.15 bits per heavy atom. The third kappa shape index (κ3) is 3.53. The highest BCUT2D eigenvalue weighted by atomic mass is 35.5. The Balaban J connectivity index is 0.00000144. The first-order valence-electron chi connectivity index (χ1n) is 4.59. The van der Waals surface area contributed by atoms with Gasteiger partial charge in [0, 0.05) is 6.04 Å². The Hall–Kier alpha value is -0.280. The van der Waals surface area contributed by atoms with E-state index in [1.165, 1.54) is 0 Å². The van der Waals surface area contributed by atoms with Gasteiger partial charge < -0.3 is 10.8 Å². The molecule has 0 aromatic carbocycles. The molecule has 0 unspecified atom stereocenters. The maximum atomic E-state index is 10.6. The van der Waals surface area contributed by atoms with Gasteiger partial charge in [-0.3, -0.25) is 4.79 Å². The van der Waals surface area contributed by atoms with Crippen LogP contribution in [-0.4, -0.2) is 17.1 Å². The molecule has 1 saturated carbocycles. The molecular formula is C9H18ClNO2. The number of carboxylic acids is 1. The maximum Gasteiger partial charge on any atom is 0.306 e. The average Bonchev–Trinajstić information content (AvgIpc) is 2.04. The van der Waals surface area contributed by atoms with E-state index in [2.05, 4.69) is 0 Å². The summed E-state index contributed by atoms with van der Waals surface area (Å²) in [7, 11) is 0. The van der Waals surface area contributed by atoms with Crippen molar-refractivity contribution < 1.29 is 9.90 Å². The Labute approximate surface area is 85.1 Å². The van der Waals surface area contributed by atoms with Gasteiger partial charge >= 0.3 is 5.97 Å². The SMILES string of the molecule is C[C@@H](N)C1CCC(C(=O)O)CC1.Cl. The normalized spacial score (nSPS) is 30.3. The Morgan fingerprint density at radius 2 is 1.85 bits per heavy atom. The number of carboxylic acid groups (broad SMARTS) is 1. The molecule has 1 rings (SSSR count). The molecular weight excluding hydrogens is 190 g/mol. The van der Waals surface area contributed by atoms with Crippen LogP contribution in [0.1, 0.15) is 32.6 Å². The van der Waals surface area contributed by atoms with Crippen molar-refractivity contribution in [2.45, 2.75) is 38.6 Å². The second-order valence-electron chi connectivity index (χ2n) is 3.81. The lowest BCUT2D eigenvalue weighted by molar-refractivity contribution is -0.143. The highest BCUT2D eigenvalue weighted by molar-refractivity contribution is 5.85. The molecule has 1 aliphatic rings. The fourth-order valence-corrected chi connectivity index (χ4v) is 1.89. The molecule has 0 amide bonds. The first kappa shape index (κ1) is 12.7. The number of nitrogens with two attached hydrogens (primary N) is 1. The third-order valence-electron chi connectivity index (χ3n) is 2.86. The van der Waals surface area contributed by atoms with Gasteiger partial charge in [0.15, 0.2) is 0 Å². The molecule has 0 aliphatic heterocycles. The van der Waals surface area contributed by atoms with E-state index < -0.39 is 5.97 Å². The Kier molecular flexibility index (Phi) is 5.33. The van der Waals surface area contributed by atoms with Gasteiger partial charge in [-0.15, -0.1) is 12.4 Å². The van der Waals surface area contributed by atoms with Crippen LogP contribution in [0.4, 0.5) is 0 Å². The van der Waals surface area contributed by atoms with Gasteiger partial charge in [0.1, 0.15) is 0 Å². The summed E-state index contributed by atoms with van der Waals surface area (Å²) < 4.78 is 0. The highest BCUT2D eigenvalue weighted by Crippen LogP contribution is 2.30. The maximum absolute atomic E-state index is 10.6. The van der Waals surface area contributed by atoms with Crippen LogP contribution in [-0.2, 0) is 4.79 Å². The first-order valence-corrected chi connectivity index (χ1v) is 4.59. The molecule has 1 fully saturated rings. The fraction of sp³-hybridized carbons (Fsp3) is 0.889. The number of hydrogen-bond acceptors (Lipinski definition) is 2. The third-order valence-corrected chi connectivity index (χ3v) is 2.86. The summed E-state index contributed by atoms with van der Waals surface area (Å²) in [6.45, 7) is 2.01. The van der Waals surface area contributed by atoms with E-state index in [1.807, 2.05) is 6.92 Å². The van der Waals surface area contributed by atoms with Crippen molar-refractivity contribution in [1.82, 2.24) is 0 Å². The lowest BCUT2D eigenvalue weighted by Gasteiger charge is -2.28. The summed E-state index contributed by atoms with van der Waals surface area (Å²) in [5.74, 6) is -0.210. The zero-order valence-corrected chi connectivity index (χ0v) is 8.72. The van der Waals surface area contributed by atoms with E-state index in [0.717, 1.165) is 25.7 Å². The minimum atomic E-state index is -0.641. The van der Waals surface area contributed by atoms with Crippen molar-refractivity contribution in [1.29, 1.82) is 0 Å². The molecule has 1 aliphatic carbocycles. The fourth-order valence-electron chi connectivity index (χ4n) is 1.89. The molecule has 0 bridgehead atoms. The molecule has 78 valence electrons. The molecule has 4 heteroatoms. The molecule has 1 atom stereocenters. The Bertz CT molecular complexity index is 165. The molecule has 0 spiro atoms. The number of aliphatic carboxylic acids is 1. The number of carbonyl (C=O) groups is 1. The molecule has 3 nitrogen and oxygen atoms in total. The van der Waals surface area contributed by atoms with Crippen LogP contribution in [0.3, 0.4) is 0 Å². The first-order chi connectivity index (χ1) is 5.61. The second-order valence-corrected chi connectivity index (χ2v) is 3.81. The van der Waals surface area contributed by atoms with Gasteiger partial charge in [-0.25, -0.2) is 0 Å². The van der Waals surface area contributed by atoms with Crippen molar-refractivity contribution in [2.75, 3.05) is 0 Å². The van der Waals surface area contributed by atoms with E-state index in [9.17, 15) is 4.79 Å². The quantitative estimate of drug-likeness (QED) is 0.724. The van der Waals surface area contributed by atoms with Gasteiger partial charge in [0.2, 0.25) is 0 Å². The summed E-state index contributed by atoms with van der Waals surface area (Å²) in [4.78, 5) is 10.6. The number of rotatable bonds is 2. The summed E-state index contributed by atoms with van der Waals surface area (Å²) >= 11 is 0. The molecule has 13 heavy (non-hydrogen) atoms. The van der Waals surface area contributed by atoms with E-state index in [4.69, 9.17) is 10.8 Å².